The third kappa shape index (κ3) is 3.90. The largest absolute Gasteiger partial charge is 0.268 e. The summed E-state index contributed by atoms with van der Waals surface area (Å²) >= 11 is 1.51. The van der Waals surface area contributed by atoms with E-state index in [4.69, 9.17) is 0 Å². The van der Waals surface area contributed by atoms with Crippen molar-refractivity contribution < 1.29 is 8.42 Å². The Hall–Kier alpha value is -1.18. The molecule has 0 spiro atoms. The molecule has 0 unspecified atom stereocenters. The van der Waals surface area contributed by atoms with Gasteiger partial charge in [-0.3, -0.25) is 4.68 Å². The molecule has 5 nitrogen and oxygen atoms in total. The van der Waals surface area contributed by atoms with Crippen molar-refractivity contribution in [2.75, 3.05) is 0 Å². The predicted molar refractivity (Wildman–Crippen MR) is 97.7 cm³/mol. The van der Waals surface area contributed by atoms with Gasteiger partial charge in [-0.05, 0) is 38.1 Å². The maximum atomic E-state index is 13.0. The van der Waals surface area contributed by atoms with Crippen LogP contribution in [0.1, 0.15) is 58.4 Å². The monoisotopic (exact) mass is 367 g/mol. The summed E-state index contributed by atoms with van der Waals surface area (Å²) in [5.41, 5.74) is 0.555. The highest BCUT2D eigenvalue weighted by Gasteiger charge is 2.27. The van der Waals surface area contributed by atoms with Gasteiger partial charge in [-0.1, -0.05) is 31.7 Å². The molecule has 2 aromatic rings. The fourth-order valence-electron chi connectivity index (χ4n) is 3.10. The molecular formula is C17H25N3O2S2. The first-order valence-electron chi connectivity index (χ1n) is 8.63. The Balaban J connectivity index is 1.94. The molecule has 0 amide bonds. The van der Waals surface area contributed by atoms with Gasteiger partial charge in [-0.2, -0.15) is 5.10 Å². The van der Waals surface area contributed by atoms with E-state index in [1.54, 1.807) is 10.9 Å². The van der Waals surface area contributed by atoms with Crippen LogP contribution < -0.4 is 4.72 Å². The topological polar surface area (TPSA) is 64.0 Å². The fraction of sp³-hybridized carbons (Fsp3) is 0.588. The van der Waals surface area contributed by atoms with Gasteiger partial charge in [0.1, 0.15) is 10.6 Å². The number of nitrogens with zero attached hydrogens (tertiary/aromatic N) is 2. The highest BCUT2D eigenvalue weighted by Crippen LogP contribution is 2.31. The minimum Gasteiger partial charge on any atom is -0.268 e. The Kier molecular flexibility index (Phi) is 5.42. The van der Waals surface area contributed by atoms with Crippen molar-refractivity contribution in [1.82, 2.24) is 14.5 Å². The average Bonchev–Trinajstić information content (AvgIpc) is 3.13. The van der Waals surface area contributed by atoms with Gasteiger partial charge < -0.3 is 0 Å². The van der Waals surface area contributed by atoms with Gasteiger partial charge in [0.05, 0.1) is 4.88 Å². The first-order chi connectivity index (χ1) is 11.5. The average molecular weight is 368 g/mol. The van der Waals surface area contributed by atoms with Crippen molar-refractivity contribution in [3.05, 3.63) is 23.7 Å². The lowest BCUT2D eigenvalue weighted by atomic mass is 10.1. The maximum Gasteiger partial charge on any atom is 0.244 e. The molecule has 0 bridgehead atoms. The molecule has 0 aromatic carbocycles. The van der Waals surface area contributed by atoms with Crippen molar-refractivity contribution >= 4 is 21.4 Å². The summed E-state index contributed by atoms with van der Waals surface area (Å²) in [6.07, 6.45) is 8.09. The molecule has 0 radical (unpaired) electrons. The van der Waals surface area contributed by atoms with Gasteiger partial charge in [-0.25, -0.2) is 13.1 Å². The lowest BCUT2D eigenvalue weighted by Crippen LogP contribution is -2.34. The summed E-state index contributed by atoms with van der Waals surface area (Å²) in [5, 5.41) is 6.48. The zero-order chi connectivity index (χ0) is 17.2. The van der Waals surface area contributed by atoms with Crippen LogP contribution in [0.5, 0.6) is 0 Å². The lowest BCUT2D eigenvalue weighted by molar-refractivity contribution is 0.509. The molecule has 7 heteroatoms. The highest BCUT2D eigenvalue weighted by molar-refractivity contribution is 7.89. The molecular weight excluding hydrogens is 342 g/mol. The van der Waals surface area contributed by atoms with E-state index >= 15 is 0 Å². The van der Waals surface area contributed by atoms with E-state index in [1.807, 2.05) is 31.4 Å². The summed E-state index contributed by atoms with van der Waals surface area (Å²) in [6, 6.07) is 3.99. The van der Waals surface area contributed by atoms with Crippen molar-refractivity contribution in [1.29, 1.82) is 0 Å². The minimum atomic E-state index is -3.57. The van der Waals surface area contributed by atoms with Crippen molar-refractivity contribution in [3.8, 4) is 10.6 Å². The highest BCUT2D eigenvalue weighted by atomic mass is 32.2. The van der Waals surface area contributed by atoms with E-state index < -0.39 is 10.0 Å². The van der Waals surface area contributed by atoms with Gasteiger partial charge in [0.25, 0.3) is 0 Å². The van der Waals surface area contributed by atoms with Crippen LogP contribution >= 0.6 is 11.3 Å². The number of thiophene rings is 1. The molecule has 0 saturated heterocycles. The molecule has 2 heterocycles. The molecule has 1 aliphatic carbocycles. The van der Waals surface area contributed by atoms with E-state index in [9.17, 15) is 8.42 Å². The number of hydrogen-bond acceptors (Lipinski definition) is 4. The van der Waals surface area contributed by atoms with E-state index in [2.05, 4.69) is 9.82 Å². The zero-order valence-corrected chi connectivity index (χ0v) is 15.9. The van der Waals surface area contributed by atoms with Crippen LogP contribution in [-0.4, -0.2) is 24.2 Å². The molecule has 1 N–H and O–H groups in total. The number of aromatic nitrogens is 2. The van der Waals surface area contributed by atoms with Crippen LogP contribution in [0.3, 0.4) is 0 Å². The zero-order valence-electron chi connectivity index (χ0n) is 14.2. The van der Waals surface area contributed by atoms with Gasteiger partial charge in [0.2, 0.25) is 10.0 Å². The number of rotatable bonds is 5. The summed E-state index contributed by atoms with van der Waals surface area (Å²) < 4.78 is 30.7. The van der Waals surface area contributed by atoms with Crippen molar-refractivity contribution in [3.63, 3.8) is 0 Å². The van der Waals surface area contributed by atoms with Crippen molar-refractivity contribution in [2.24, 2.45) is 0 Å². The summed E-state index contributed by atoms with van der Waals surface area (Å²) in [6.45, 7) is 4.00. The first kappa shape index (κ1) is 17.6. The molecule has 0 aliphatic heterocycles. The molecule has 132 valence electrons. The predicted octanol–water partition coefficient (Wildman–Crippen LogP) is 4.19. The maximum absolute atomic E-state index is 13.0. The lowest BCUT2D eigenvalue weighted by Gasteiger charge is -2.16. The number of nitrogens with one attached hydrogen (secondary N) is 1. The van der Waals surface area contributed by atoms with Gasteiger partial charge in [-0.15, -0.1) is 11.3 Å². The van der Waals surface area contributed by atoms with E-state index in [1.165, 1.54) is 24.2 Å². The van der Waals surface area contributed by atoms with E-state index in [-0.39, 0.29) is 12.1 Å². The SMILES string of the molecule is CC(C)n1cc(S(=O)(=O)NC2CCCCCC2)c(-c2cccs2)n1. The quantitative estimate of drug-likeness (QED) is 0.806. The summed E-state index contributed by atoms with van der Waals surface area (Å²) in [7, 11) is -3.57. The van der Waals surface area contributed by atoms with Crippen LogP contribution in [-0.2, 0) is 10.0 Å². The smallest absolute Gasteiger partial charge is 0.244 e. The van der Waals surface area contributed by atoms with Gasteiger partial charge >= 0.3 is 0 Å². The Labute approximate surface area is 148 Å². The van der Waals surface area contributed by atoms with E-state index in [0.717, 1.165) is 30.6 Å². The van der Waals surface area contributed by atoms with E-state index in [0.29, 0.717) is 10.6 Å². The second-order valence-corrected chi connectivity index (χ2v) is 9.33. The van der Waals surface area contributed by atoms with Crippen LogP contribution in [0.25, 0.3) is 10.6 Å². The molecule has 3 rings (SSSR count). The molecule has 0 atom stereocenters. The van der Waals surface area contributed by atoms with Crippen LogP contribution in [0.15, 0.2) is 28.6 Å². The summed E-state index contributed by atoms with van der Waals surface area (Å²) in [4.78, 5) is 1.18. The van der Waals surface area contributed by atoms with Crippen molar-refractivity contribution in [2.45, 2.75) is 69.4 Å². The van der Waals surface area contributed by atoms with Gasteiger partial charge in [0, 0.05) is 18.3 Å². The van der Waals surface area contributed by atoms with Gasteiger partial charge in [0.15, 0.2) is 0 Å². The molecule has 1 fully saturated rings. The summed E-state index contributed by atoms with van der Waals surface area (Å²) in [5.74, 6) is 0. The normalized spacial score (nSPS) is 17.3. The molecule has 1 saturated carbocycles. The number of sulfonamides is 1. The number of hydrogen-bond donors (Lipinski definition) is 1. The minimum absolute atomic E-state index is 0.0380. The third-order valence-electron chi connectivity index (χ3n) is 4.45. The Morgan fingerprint density at radius 3 is 2.54 bits per heavy atom. The first-order valence-corrected chi connectivity index (χ1v) is 11.0. The fourth-order valence-corrected chi connectivity index (χ4v) is 5.34. The van der Waals surface area contributed by atoms with Crippen LogP contribution in [0.2, 0.25) is 0 Å². The second-order valence-electron chi connectivity index (χ2n) is 6.70. The Bertz CT molecular complexity index is 756. The molecule has 24 heavy (non-hydrogen) atoms. The molecule has 2 aromatic heterocycles. The second kappa shape index (κ2) is 7.37. The standard InChI is InChI=1S/C17H25N3O2S2/c1-13(2)20-12-16(17(18-20)15-10-7-11-23-15)24(21,22)19-14-8-5-3-4-6-9-14/h7,10-14,19H,3-6,8-9H2,1-2H3. The van der Waals surface area contributed by atoms with Crippen LogP contribution in [0.4, 0.5) is 0 Å². The Morgan fingerprint density at radius 1 is 1.25 bits per heavy atom. The third-order valence-corrected chi connectivity index (χ3v) is 6.85. The van der Waals surface area contributed by atoms with Crippen LogP contribution in [0, 0.1) is 0 Å². The molecule has 1 aliphatic rings. The Morgan fingerprint density at radius 2 is 1.96 bits per heavy atom.